The number of nitrogens with zero attached hydrogens (tertiary/aromatic N) is 5. The highest BCUT2D eigenvalue weighted by atomic mass is 35.5. The second-order valence-electron chi connectivity index (χ2n) is 6.60. The first-order chi connectivity index (χ1) is 14.0. The summed E-state index contributed by atoms with van der Waals surface area (Å²) in [6.45, 7) is 6.39. The highest BCUT2D eigenvalue weighted by Crippen LogP contribution is 2.34. The fourth-order valence-corrected chi connectivity index (χ4v) is 3.03. The van der Waals surface area contributed by atoms with Crippen LogP contribution in [0.25, 0.3) is 0 Å². The van der Waals surface area contributed by atoms with Gasteiger partial charge in [0.05, 0.1) is 21.2 Å². The van der Waals surface area contributed by atoms with E-state index in [9.17, 15) is 15.4 Å². The quantitative estimate of drug-likeness (QED) is 0.239. The molecule has 0 bridgehead atoms. The van der Waals surface area contributed by atoms with Crippen LogP contribution in [0.5, 0.6) is 0 Å². The van der Waals surface area contributed by atoms with Gasteiger partial charge in [0.1, 0.15) is 11.8 Å². The third-order valence-corrected chi connectivity index (χ3v) is 4.71. The summed E-state index contributed by atoms with van der Waals surface area (Å²) in [7, 11) is 0. The maximum absolute atomic E-state index is 10.9. The maximum atomic E-state index is 10.9. The van der Waals surface area contributed by atoms with Crippen molar-refractivity contribution in [3.63, 3.8) is 0 Å². The normalized spacial score (nSPS) is 10.8. The second-order valence-corrected chi connectivity index (χ2v) is 7.01. The van der Waals surface area contributed by atoms with Crippen LogP contribution in [0.1, 0.15) is 45.1 Å². The van der Waals surface area contributed by atoms with E-state index >= 15 is 0 Å². The molecule has 29 heavy (non-hydrogen) atoms. The van der Waals surface area contributed by atoms with Crippen molar-refractivity contribution in [2.75, 3.05) is 18.0 Å². The van der Waals surface area contributed by atoms with E-state index in [1.807, 2.05) is 30.3 Å². The van der Waals surface area contributed by atoms with Crippen LogP contribution in [-0.2, 0) is 0 Å². The van der Waals surface area contributed by atoms with Gasteiger partial charge in [-0.15, -0.1) is 5.11 Å². The first-order valence-corrected chi connectivity index (χ1v) is 10.0. The Morgan fingerprint density at radius 3 is 2.24 bits per heavy atom. The van der Waals surface area contributed by atoms with Crippen molar-refractivity contribution >= 4 is 34.4 Å². The minimum Gasteiger partial charge on any atom is -0.372 e. The summed E-state index contributed by atoms with van der Waals surface area (Å²) in [5, 5.41) is 28.4. The Balaban J connectivity index is 2.22. The molecule has 0 unspecified atom stereocenters. The van der Waals surface area contributed by atoms with E-state index in [1.54, 1.807) is 0 Å². The van der Waals surface area contributed by atoms with Gasteiger partial charge in [-0.25, -0.2) is 0 Å². The molecule has 0 aliphatic rings. The third-order valence-electron chi connectivity index (χ3n) is 4.42. The molecule has 0 aliphatic heterocycles. The molecule has 0 saturated carbocycles. The monoisotopic (exact) mass is 413 g/mol. The summed E-state index contributed by atoms with van der Waals surface area (Å²) in [5.74, 6) is 0. The first-order valence-electron chi connectivity index (χ1n) is 9.64. The third kappa shape index (κ3) is 6.26. The molecule has 0 atom stereocenters. The lowest BCUT2D eigenvalue weighted by molar-refractivity contribution is -0.384. The number of hydrogen-bond acceptors (Lipinski definition) is 6. The smallest absolute Gasteiger partial charge is 0.272 e. The Morgan fingerprint density at radius 2 is 1.72 bits per heavy atom. The molecule has 152 valence electrons. The molecule has 0 spiro atoms. The van der Waals surface area contributed by atoms with E-state index in [0.717, 1.165) is 50.5 Å². The molecule has 2 aromatic carbocycles. The largest absolute Gasteiger partial charge is 0.372 e. The lowest BCUT2D eigenvalue weighted by atomic mass is 10.2. The van der Waals surface area contributed by atoms with Gasteiger partial charge in [-0.2, -0.15) is 10.4 Å². The van der Waals surface area contributed by atoms with Crippen LogP contribution in [0, 0.1) is 21.4 Å². The molecule has 2 aromatic rings. The number of azo groups is 1. The molecule has 0 N–H and O–H groups in total. The number of non-ortho nitro benzene ring substituents is 1. The maximum Gasteiger partial charge on any atom is 0.272 e. The topological polar surface area (TPSA) is 94.9 Å². The van der Waals surface area contributed by atoms with E-state index in [-0.39, 0.29) is 22.0 Å². The average Bonchev–Trinajstić information content (AvgIpc) is 2.73. The zero-order chi connectivity index (χ0) is 21.2. The Kier molecular flexibility index (Phi) is 8.56. The number of nitro benzene ring substituents is 1. The SMILES string of the molecule is CCCCN(CCCC)c1ccc(N=Nc2c(Cl)cc([N+](=O)[O-])cc2C#N)cc1. The van der Waals surface area contributed by atoms with E-state index in [2.05, 4.69) is 29.0 Å². The van der Waals surface area contributed by atoms with Gasteiger partial charge in [-0.1, -0.05) is 38.3 Å². The molecular weight excluding hydrogens is 390 g/mol. The van der Waals surface area contributed by atoms with Gasteiger partial charge in [0, 0.05) is 30.9 Å². The Morgan fingerprint density at radius 1 is 1.10 bits per heavy atom. The predicted octanol–water partition coefficient (Wildman–Crippen LogP) is 6.94. The van der Waals surface area contributed by atoms with Gasteiger partial charge in [0.2, 0.25) is 0 Å². The molecule has 2 rings (SSSR count). The molecule has 0 amide bonds. The fraction of sp³-hybridized carbons (Fsp3) is 0.381. The Hall–Kier alpha value is -2.98. The molecule has 8 heteroatoms. The van der Waals surface area contributed by atoms with Crippen molar-refractivity contribution in [1.29, 1.82) is 5.26 Å². The van der Waals surface area contributed by atoms with Crippen molar-refractivity contribution in [1.82, 2.24) is 0 Å². The van der Waals surface area contributed by atoms with Gasteiger partial charge in [-0.05, 0) is 37.1 Å². The number of unbranched alkanes of at least 4 members (excludes halogenated alkanes) is 2. The minimum absolute atomic E-state index is 0.00914. The summed E-state index contributed by atoms with van der Waals surface area (Å²) in [5.41, 5.74) is 1.62. The van der Waals surface area contributed by atoms with E-state index < -0.39 is 4.92 Å². The molecule has 0 heterocycles. The van der Waals surface area contributed by atoms with Crippen molar-refractivity contribution < 1.29 is 4.92 Å². The van der Waals surface area contributed by atoms with Crippen molar-refractivity contribution in [3.8, 4) is 6.07 Å². The highest BCUT2D eigenvalue weighted by Gasteiger charge is 2.15. The summed E-state index contributed by atoms with van der Waals surface area (Å²) in [4.78, 5) is 12.7. The number of halogens is 1. The van der Waals surface area contributed by atoms with Crippen LogP contribution in [0.2, 0.25) is 5.02 Å². The molecule has 0 fully saturated rings. The number of nitriles is 1. The molecule has 0 radical (unpaired) electrons. The van der Waals surface area contributed by atoms with Crippen LogP contribution < -0.4 is 4.90 Å². The Bertz CT molecular complexity index is 899. The number of nitro groups is 1. The van der Waals surface area contributed by atoms with E-state index in [0.29, 0.717) is 5.69 Å². The van der Waals surface area contributed by atoms with E-state index in [4.69, 9.17) is 11.6 Å². The van der Waals surface area contributed by atoms with Crippen LogP contribution in [0.3, 0.4) is 0 Å². The molecular formula is C21H24ClN5O2. The molecule has 7 nitrogen and oxygen atoms in total. The molecule has 0 aliphatic carbocycles. The summed E-state index contributed by atoms with van der Waals surface area (Å²) in [6.07, 6.45) is 4.57. The number of hydrogen-bond donors (Lipinski definition) is 0. The molecule has 0 aromatic heterocycles. The molecule has 0 saturated heterocycles. The van der Waals surface area contributed by atoms with Crippen molar-refractivity contribution in [2.24, 2.45) is 10.2 Å². The van der Waals surface area contributed by atoms with Gasteiger partial charge in [0.15, 0.2) is 0 Å². The second kappa shape index (κ2) is 11.1. The average molecular weight is 414 g/mol. The summed E-state index contributed by atoms with van der Waals surface area (Å²) < 4.78 is 0. The predicted molar refractivity (Wildman–Crippen MR) is 115 cm³/mol. The van der Waals surface area contributed by atoms with Crippen LogP contribution in [0.4, 0.5) is 22.7 Å². The zero-order valence-electron chi connectivity index (χ0n) is 16.6. The van der Waals surface area contributed by atoms with Crippen LogP contribution in [0.15, 0.2) is 46.6 Å². The van der Waals surface area contributed by atoms with Gasteiger partial charge in [0.25, 0.3) is 5.69 Å². The van der Waals surface area contributed by atoms with Crippen LogP contribution >= 0.6 is 11.6 Å². The number of anilines is 1. The minimum atomic E-state index is -0.602. The van der Waals surface area contributed by atoms with Crippen molar-refractivity contribution in [2.45, 2.75) is 39.5 Å². The Labute approximate surface area is 175 Å². The van der Waals surface area contributed by atoms with Crippen molar-refractivity contribution in [3.05, 3.63) is 57.1 Å². The van der Waals surface area contributed by atoms with Gasteiger partial charge < -0.3 is 4.90 Å². The zero-order valence-corrected chi connectivity index (χ0v) is 17.4. The fourth-order valence-electron chi connectivity index (χ4n) is 2.78. The highest BCUT2D eigenvalue weighted by molar-refractivity contribution is 6.33. The number of rotatable bonds is 10. The van der Waals surface area contributed by atoms with Crippen LogP contribution in [-0.4, -0.2) is 18.0 Å². The van der Waals surface area contributed by atoms with Gasteiger partial charge in [-0.3, -0.25) is 10.1 Å². The summed E-state index contributed by atoms with van der Waals surface area (Å²) in [6, 6.07) is 11.9. The number of benzene rings is 2. The first kappa shape index (κ1) is 22.3. The standard InChI is InChI=1S/C21H24ClN5O2/c1-3-5-11-26(12-6-4-2)18-9-7-17(8-10-18)24-25-21-16(15-23)13-19(27(28)29)14-20(21)22/h7-10,13-14H,3-6,11-12H2,1-2H3. The lowest BCUT2D eigenvalue weighted by Crippen LogP contribution is -2.25. The summed E-state index contributed by atoms with van der Waals surface area (Å²) >= 11 is 6.07. The van der Waals surface area contributed by atoms with Gasteiger partial charge >= 0.3 is 0 Å². The lowest BCUT2D eigenvalue weighted by Gasteiger charge is -2.24. The van der Waals surface area contributed by atoms with E-state index in [1.165, 1.54) is 6.07 Å².